The first-order valence-corrected chi connectivity index (χ1v) is 6.04. The lowest BCUT2D eigenvalue weighted by Crippen LogP contribution is -2.29. The highest BCUT2D eigenvalue weighted by molar-refractivity contribution is 4.92. The fraction of sp³-hybridized carbons (Fsp3) is 0.818. The van der Waals surface area contributed by atoms with Crippen molar-refractivity contribution in [2.75, 3.05) is 20.1 Å². The summed E-state index contributed by atoms with van der Waals surface area (Å²) in [6, 6.07) is 0.313. The molecular weight excluding hydrogens is 204 g/mol. The molecule has 0 aromatic carbocycles. The largest absolute Gasteiger partial charge is 0.424 e. The van der Waals surface area contributed by atoms with Crippen LogP contribution in [-0.4, -0.2) is 35.2 Å². The van der Waals surface area contributed by atoms with Crippen molar-refractivity contribution in [3.63, 3.8) is 0 Å². The summed E-state index contributed by atoms with van der Waals surface area (Å²) in [6.45, 7) is 1.78. The van der Waals surface area contributed by atoms with Gasteiger partial charge in [-0.2, -0.15) is 0 Å². The minimum absolute atomic E-state index is 0.313. The van der Waals surface area contributed by atoms with Crippen LogP contribution in [0.15, 0.2) is 4.42 Å². The molecule has 5 heteroatoms. The molecule has 0 radical (unpaired) electrons. The second kappa shape index (κ2) is 5.41. The van der Waals surface area contributed by atoms with Crippen LogP contribution >= 0.6 is 0 Å². The van der Waals surface area contributed by atoms with E-state index in [1.807, 2.05) is 0 Å². The standard InChI is InChI=1S/C11H20N4O/c1-15-8-3-2-5-9(15)11-14-13-10(16-11)6-4-7-12/h9H,2-8,12H2,1H3. The normalized spacial score (nSPS) is 22.5. The monoisotopic (exact) mass is 224 g/mol. The summed E-state index contributed by atoms with van der Waals surface area (Å²) in [5, 5.41) is 8.21. The van der Waals surface area contributed by atoms with E-state index < -0.39 is 0 Å². The first-order chi connectivity index (χ1) is 7.81. The van der Waals surface area contributed by atoms with Crippen LogP contribution in [0.2, 0.25) is 0 Å². The summed E-state index contributed by atoms with van der Waals surface area (Å²) in [4.78, 5) is 2.30. The van der Waals surface area contributed by atoms with E-state index in [1.54, 1.807) is 0 Å². The van der Waals surface area contributed by atoms with Gasteiger partial charge < -0.3 is 10.2 Å². The lowest BCUT2D eigenvalue weighted by atomic mass is 10.0. The Balaban J connectivity index is 1.99. The van der Waals surface area contributed by atoms with E-state index in [-0.39, 0.29) is 0 Å². The van der Waals surface area contributed by atoms with Gasteiger partial charge in [0.15, 0.2) is 0 Å². The molecule has 5 nitrogen and oxygen atoms in total. The smallest absolute Gasteiger partial charge is 0.233 e. The van der Waals surface area contributed by atoms with Crippen LogP contribution < -0.4 is 5.73 Å². The number of likely N-dealkylation sites (tertiary alicyclic amines) is 1. The van der Waals surface area contributed by atoms with Crippen molar-refractivity contribution in [1.29, 1.82) is 0 Å². The number of rotatable bonds is 4. The number of aryl methyl sites for hydroxylation is 1. The molecule has 90 valence electrons. The Bertz CT molecular complexity index is 326. The van der Waals surface area contributed by atoms with E-state index >= 15 is 0 Å². The van der Waals surface area contributed by atoms with Gasteiger partial charge in [0.25, 0.3) is 0 Å². The third-order valence-electron chi connectivity index (χ3n) is 3.13. The van der Waals surface area contributed by atoms with Gasteiger partial charge in [0, 0.05) is 6.42 Å². The zero-order valence-electron chi connectivity index (χ0n) is 9.85. The Morgan fingerprint density at radius 1 is 1.44 bits per heavy atom. The first-order valence-electron chi connectivity index (χ1n) is 6.04. The summed E-state index contributed by atoms with van der Waals surface area (Å²) in [5.74, 6) is 1.49. The van der Waals surface area contributed by atoms with E-state index in [9.17, 15) is 0 Å². The number of piperidine rings is 1. The van der Waals surface area contributed by atoms with Crippen molar-refractivity contribution in [2.45, 2.75) is 38.1 Å². The molecule has 1 fully saturated rings. The lowest BCUT2D eigenvalue weighted by molar-refractivity contribution is 0.157. The minimum atomic E-state index is 0.313. The molecule has 2 rings (SSSR count). The van der Waals surface area contributed by atoms with Crippen LogP contribution in [0.1, 0.15) is 43.5 Å². The van der Waals surface area contributed by atoms with Crippen molar-refractivity contribution in [3.05, 3.63) is 11.8 Å². The molecule has 1 aliphatic rings. The van der Waals surface area contributed by atoms with Gasteiger partial charge in [-0.3, -0.25) is 4.90 Å². The fourth-order valence-electron chi connectivity index (χ4n) is 2.14. The summed E-state index contributed by atoms with van der Waals surface area (Å²) in [7, 11) is 2.12. The van der Waals surface area contributed by atoms with Crippen LogP contribution in [0.4, 0.5) is 0 Å². The van der Waals surface area contributed by atoms with Gasteiger partial charge in [0.05, 0.1) is 6.04 Å². The average molecular weight is 224 g/mol. The van der Waals surface area contributed by atoms with Crippen LogP contribution in [0.3, 0.4) is 0 Å². The SMILES string of the molecule is CN1CCCCC1c1nnc(CCCN)o1. The van der Waals surface area contributed by atoms with Crippen molar-refractivity contribution < 1.29 is 4.42 Å². The number of hydrogen-bond acceptors (Lipinski definition) is 5. The lowest BCUT2D eigenvalue weighted by Gasteiger charge is -2.29. The van der Waals surface area contributed by atoms with Crippen molar-refractivity contribution in [2.24, 2.45) is 5.73 Å². The fourth-order valence-corrected chi connectivity index (χ4v) is 2.14. The Labute approximate surface area is 96.0 Å². The molecule has 1 atom stereocenters. The van der Waals surface area contributed by atoms with Crippen LogP contribution in [-0.2, 0) is 6.42 Å². The first kappa shape index (κ1) is 11.5. The molecule has 0 amide bonds. The molecule has 2 heterocycles. The van der Waals surface area contributed by atoms with Gasteiger partial charge >= 0.3 is 0 Å². The number of nitrogens with two attached hydrogens (primary N) is 1. The maximum absolute atomic E-state index is 5.68. The Morgan fingerprint density at radius 2 is 2.31 bits per heavy atom. The maximum atomic E-state index is 5.68. The summed E-state index contributed by atoms with van der Waals surface area (Å²) in [5.41, 5.74) is 5.45. The molecule has 1 saturated heterocycles. The maximum Gasteiger partial charge on any atom is 0.233 e. The quantitative estimate of drug-likeness (QED) is 0.830. The molecule has 0 bridgehead atoms. The van der Waals surface area contributed by atoms with Gasteiger partial charge in [-0.05, 0) is 39.4 Å². The second-order valence-electron chi connectivity index (χ2n) is 4.42. The highest BCUT2D eigenvalue weighted by Gasteiger charge is 2.25. The van der Waals surface area contributed by atoms with E-state index in [0.717, 1.165) is 37.6 Å². The molecular formula is C11H20N4O. The predicted octanol–water partition coefficient (Wildman–Crippen LogP) is 1.12. The Morgan fingerprint density at radius 3 is 3.06 bits per heavy atom. The van der Waals surface area contributed by atoms with Gasteiger partial charge in [-0.15, -0.1) is 10.2 Å². The topological polar surface area (TPSA) is 68.2 Å². The van der Waals surface area contributed by atoms with E-state index in [2.05, 4.69) is 22.1 Å². The zero-order valence-corrected chi connectivity index (χ0v) is 9.85. The molecule has 16 heavy (non-hydrogen) atoms. The molecule has 1 unspecified atom stereocenters. The van der Waals surface area contributed by atoms with E-state index in [4.69, 9.17) is 10.2 Å². The van der Waals surface area contributed by atoms with Crippen molar-refractivity contribution >= 4 is 0 Å². The van der Waals surface area contributed by atoms with E-state index in [1.165, 1.54) is 12.8 Å². The molecule has 1 aliphatic heterocycles. The zero-order chi connectivity index (χ0) is 11.4. The Hall–Kier alpha value is -0.940. The summed E-state index contributed by atoms with van der Waals surface area (Å²) >= 11 is 0. The van der Waals surface area contributed by atoms with Gasteiger partial charge in [0.2, 0.25) is 11.8 Å². The highest BCUT2D eigenvalue weighted by Crippen LogP contribution is 2.28. The van der Waals surface area contributed by atoms with Crippen LogP contribution in [0.5, 0.6) is 0 Å². The minimum Gasteiger partial charge on any atom is -0.424 e. The van der Waals surface area contributed by atoms with Crippen molar-refractivity contribution in [3.8, 4) is 0 Å². The molecule has 0 saturated carbocycles. The number of hydrogen-bond donors (Lipinski definition) is 1. The third kappa shape index (κ3) is 2.59. The average Bonchev–Trinajstić information content (AvgIpc) is 2.75. The summed E-state index contributed by atoms with van der Waals surface area (Å²) in [6.07, 6.45) is 5.33. The molecule has 2 N–H and O–H groups in total. The Kier molecular flexibility index (Phi) is 3.90. The van der Waals surface area contributed by atoms with Gasteiger partial charge in [-0.25, -0.2) is 0 Å². The van der Waals surface area contributed by atoms with Gasteiger partial charge in [0.1, 0.15) is 0 Å². The summed E-state index contributed by atoms with van der Waals surface area (Å²) < 4.78 is 5.68. The third-order valence-corrected chi connectivity index (χ3v) is 3.13. The van der Waals surface area contributed by atoms with Crippen LogP contribution in [0, 0.1) is 0 Å². The molecule has 1 aromatic rings. The van der Waals surface area contributed by atoms with Crippen LogP contribution in [0.25, 0.3) is 0 Å². The predicted molar refractivity (Wildman–Crippen MR) is 60.9 cm³/mol. The van der Waals surface area contributed by atoms with E-state index in [0.29, 0.717) is 12.6 Å². The number of nitrogens with zero attached hydrogens (tertiary/aromatic N) is 3. The molecule has 0 spiro atoms. The highest BCUT2D eigenvalue weighted by atomic mass is 16.4. The second-order valence-corrected chi connectivity index (χ2v) is 4.42. The van der Waals surface area contributed by atoms with Gasteiger partial charge in [-0.1, -0.05) is 6.42 Å². The molecule has 0 aliphatic carbocycles. The van der Waals surface area contributed by atoms with Crippen molar-refractivity contribution in [1.82, 2.24) is 15.1 Å². The molecule has 1 aromatic heterocycles. The number of aromatic nitrogens is 2.